The van der Waals surface area contributed by atoms with E-state index in [9.17, 15) is 15.1 Å². The molecule has 1 amide bonds. The maximum atomic E-state index is 13.7. The van der Waals surface area contributed by atoms with Gasteiger partial charge in [0.15, 0.2) is 12.1 Å². The number of benzene rings is 3. The molecule has 2 aliphatic heterocycles. The minimum absolute atomic E-state index is 0.194. The minimum atomic E-state index is -1.04. The van der Waals surface area contributed by atoms with Gasteiger partial charge in [-0.1, -0.05) is 84.0 Å². The van der Waals surface area contributed by atoms with Crippen molar-refractivity contribution in [3.8, 4) is 11.1 Å². The van der Waals surface area contributed by atoms with Crippen molar-refractivity contribution >= 4 is 23.6 Å². The molecule has 3 aliphatic rings. The number of fused-ring (bicyclic) bond motifs is 6. The lowest BCUT2D eigenvalue weighted by molar-refractivity contribution is -0.169. The van der Waals surface area contributed by atoms with Gasteiger partial charge in [-0.05, 0) is 40.3 Å². The quantitative estimate of drug-likeness (QED) is 0.178. The molecule has 2 fully saturated rings. The lowest BCUT2D eigenvalue weighted by Crippen LogP contribution is -2.70. The maximum Gasteiger partial charge on any atom is 0.331 e. The van der Waals surface area contributed by atoms with Gasteiger partial charge in [0, 0.05) is 4.91 Å². The highest BCUT2D eigenvalue weighted by atomic mass is 32.2. The standard InChI is InChI=1S/C26H20N4O3S/c1-2-33-24(32)22-25(19-14-8-6-12-17(19)18-13-7-9-15-20(18)25)34-26(16-10-4-3-5-11-16)21(28-29-27)23(31)30(22)26/h3-15,21-22H,2H2,1H3/t21-,22-,26-/m0/s1. The average Bonchev–Trinajstić information content (AvgIpc) is 3.33. The molecule has 0 N–H and O–H groups in total. The van der Waals surface area contributed by atoms with Crippen molar-refractivity contribution in [1.82, 2.24) is 4.90 Å². The summed E-state index contributed by atoms with van der Waals surface area (Å²) in [5, 5.41) is 3.92. The molecule has 1 aliphatic carbocycles. The number of β-lactam (4-membered cyclic amide) rings is 1. The van der Waals surface area contributed by atoms with E-state index >= 15 is 0 Å². The summed E-state index contributed by atoms with van der Waals surface area (Å²) < 4.78 is 4.66. The Hall–Kier alpha value is -3.74. The molecule has 0 saturated carbocycles. The smallest absolute Gasteiger partial charge is 0.331 e. The Labute approximate surface area is 200 Å². The van der Waals surface area contributed by atoms with E-state index < -0.39 is 27.7 Å². The molecule has 34 heavy (non-hydrogen) atoms. The second kappa shape index (κ2) is 7.38. The molecular formula is C26H20N4O3S. The van der Waals surface area contributed by atoms with E-state index in [0.717, 1.165) is 27.8 Å². The Morgan fingerprint density at radius 1 is 1.03 bits per heavy atom. The third-order valence-corrected chi connectivity index (χ3v) is 8.92. The van der Waals surface area contributed by atoms with Crippen LogP contribution in [0.2, 0.25) is 0 Å². The van der Waals surface area contributed by atoms with E-state index in [2.05, 4.69) is 10.0 Å². The molecule has 1 spiro atoms. The van der Waals surface area contributed by atoms with Gasteiger partial charge < -0.3 is 9.64 Å². The highest BCUT2D eigenvalue weighted by Gasteiger charge is 2.77. The molecule has 6 rings (SSSR count). The van der Waals surface area contributed by atoms with Crippen LogP contribution >= 0.6 is 11.8 Å². The van der Waals surface area contributed by atoms with Crippen molar-refractivity contribution < 1.29 is 14.3 Å². The summed E-state index contributed by atoms with van der Waals surface area (Å²) in [6, 6.07) is 23.6. The van der Waals surface area contributed by atoms with Crippen LogP contribution in [0.25, 0.3) is 21.6 Å². The zero-order chi connectivity index (χ0) is 23.5. The van der Waals surface area contributed by atoms with Gasteiger partial charge in [0.2, 0.25) is 5.91 Å². The molecule has 8 heteroatoms. The van der Waals surface area contributed by atoms with Gasteiger partial charge in [-0.3, -0.25) is 4.79 Å². The molecule has 0 radical (unpaired) electrons. The van der Waals surface area contributed by atoms with Crippen molar-refractivity contribution in [2.24, 2.45) is 5.11 Å². The molecule has 168 valence electrons. The second-order valence-electron chi connectivity index (χ2n) is 8.46. The van der Waals surface area contributed by atoms with Gasteiger partial charge in [0.05, 0.1) is 6.61 Å². The van der Waals surface area contributed by atoms with Crippen LogP contribution in [0.5, 0.6) is 0 Å². The number of carbonyl (C=O) groups excluding carboxylic acids is 2. The predicted molar refractivity (Wildman–Crippen MR) is 129 cm³/mol. The topological polar surface area (TPSA) is 95.4 Å². The summed E-state index contributed by atoms with van der Waals surface area (Å²) in [4.78, 5) is 30.8. The van der Waals surface area contributed by atoms with Crippen LogP contribution in [0.3, 0.4) is 0 Å². The van der Waals surface area contributed by atoms with Crippen molar-refractivity contribution in [3.05, 3.63) is 106 Å². The lowest BCUT2D eigenvalue weighted by atomic mass is 9.81. The molecule has 0 bridgehead atoms. The third-order valence-electron chi connectivity index (χ3n) is 6.97. The van der Waals surface area contributed by atoms with Gasteiger partial charge in [0.1, 0.15) is 9.62 Å². The first-order valence-electron chi connectivity index (χ1n) is 11.1. The number of rotatable bonds is 4. The Kier molecular flexibility index (Phi) is 4.52. The number of thioether (sulfide) groups is 1. The van der Waals surface area contributed by atoms with Crippen LogP contribution in [0.15, 0.2) is 84.0 Å². The molecule has 7 nitrogen and oxygen atoms in total. The number of ether oxygens (including phenoxy) is 1. The zero-order valence-electron chi connectivity index (χ0n) is 18.3. The number of azide groups is 1. The highest BCUT2D eigenvalue weighted by molar-refractivity contribution is 8.02. The molecular weight excluding hydrogens is 448 g/mol. The summed E-state index contributed by atoms with van der Waals surface area (Å²) in [6.45, 7) is 1.95. The minimum Gasteiger partial charge on any atom is -0.464 e. The normalized spacial score (nSPS) is 25.1. The van der Waals surface area contributed by atoms with Gasteiger partial charge >= 0.3 is 5.97 Å². The van der Waals surface area contributed by atoms with Crippen LogP contribution in [0.1, 0.15) is 23.6 Å². The monoisotopic (exact) mass is 468 g/mol. The van der Waals surface area contributed by atoms with Crippen molar-refractivity contribution in [3.63, 3.8) is 0 Å². The molecule has 2 heterocycles. The summed E-state index contributed by atoms with van der Waals surface area (Å²) in [7, 11) is 0. The van der Waals surface area contributed by atoms with E-state index in [-0.39, 0.29) is 12.5 Å². The zero-order valence-corrected chi connectivity index (χ0v) is 19.1. The number of amides is 1. The van der Waals surface area contributed by atoms with Gasteiger partial charge in [-0.2, -0.15) is 0 Å². The number of carbonyl (C=O) groups is 2. The lowest BCUT2D eigenvalue weighted by Gasteiger charge is -2.52. The van der Waals surface area contributed by atoms with Crippen LogP contribution in [-0.4, -0.2) is 35.5 Å². The summed E-state index contributed by atoms with van der Waals surface area (Å²) in [5.41, 5.74) is 14.1. The maximum absolute atomic E-state index is 13.7. The Balaban J connectivity index is 1.69. The van der Waals surface area contributed by atoms with Gasteiger partial charge in [0.25, 0.3) is 0 Å². The SMILES string of the molecule is CCOC(=O)[C@@H]1N2C(=O)[C@H](N=[N+]=[N-])[C@]2(c2ccccc2)SC12c1ccccc1-c1ccccc12. The predicted octanol–water partition coefficient (Wildman–Crippen LogP) is 4.96. The van der Waals surface area contributed by atoms with Crippen molar-refractivity contribution in [1.29, 1.82) is 0 Å². The fraction of sp³-hybridized carbons (Fsp3) is 0.231. The average molecular weight is 469 g/mol. The Bertz CT molecular complexity index is 1340. The molecule has 0 aromatic heterocycles. The summed E-state index contributed by atoms with van der Waals surface area (Å²) >= 11 is 1.51. The summed E-state index contributed by atoms with van der Waals surface area (Å²) in [6.07, 6.45) is 0. The first-order valence-corrected chi connectivity index (χ1v) is 11.9. The fourth-order valence-corrected chi connectivity index (χ4v) is 7.96. The molecule has 3 aromatic carbocycles. The largest absolute Gasteiger partial charge is 0.464 e. The number of hydrogen-bond acceptors (Lipinski definition) is 5. The van der Waals surface area contributed by atoms with Crippen LogP contribution in [0.4, 0.5) is 0 Å². The van der Waals surface area contributed by atoms with E-state index in [0.29, 0.717) is 0 Å². The van der Waals surface area contributed by atoms with Crippen LogP contribution < -0.4 is 0 Å². The number of hydrogen-bond donors (Lipinski definition) is 0. The molecule has 3 aromatic rings. The second-order valence-corrected chi connectivity index (χ2v) is 9.93. The van der Waals surface area contributed by atoms with E-state index in [1.165, 1.54) is 11.8 Å². The van der Waals surface area contributed by atoms with E-state index in [1.807, 2.05) is 78.9 Å². The number of nitrogens with zero attached hydrogens (tertiary/aromatic N) is 4. The highest BCUT2D eigenvalue weighted by Crippen LogP contribution is 2.73. The first kappa shape index (κ1) is 20.8. The van der Waals surface area contributed by atoms with Crippen molar-refractivity contribution in [2.75, 3.05) is 6.61 Å². The molecule has 0 unspecified atom stereocenters. The van der Waals surface area contributed by atoms with Crippen LogP contribution in [0, 0.1) is 0 Å². The van der Waals surface area contributed by atoms with E-state index in [4.69, 9.17) is 4.74 Å². The van der Waals surface area contributed by atoms with Gasteiger partial charge in [-0.25, -0.2) is 4.79 Å². The third kappa shape index (κ3) is 2.36. The Morgan fingerprint density at radius 2 is 1.62 bits per heavy atom. The van der Waals surface area contributed by atoms with E-state index in [1.54, 1.807) is 11.8 Å². The molecule has 3 atom stereocenters. The van der Waals surface area contributed by atoms with Gasteiger partial charge in [-0.15, -0.1) is 11.8 Å². The summed E-state index contributed by atoms with van der Waals surface area (Å²) in [5.74, 6) is -0.835. The van der Waals surface area contributed by atoms with Crippen LogP contribution in [-0.2, 0) is 23.9 Å². The van der Waals surface area contributed by atoms with Crippen molar-refractivity contribution in [2.45, 2.75) is 28.6 Å². The first-order chi connectivity index (χ1) is 16.6. The Morgan fingerprint density at radius 3 is 2.21 bits per heavy atom. The molecule has 2 saturated heterocycles. The number of esters is 1. The fourth-order valence-electron chi connectivity index (χ4n) is 5.77.